The number of piperazine rings is 1. The second-order valence-electron chi connectivity index (χ2n) is 9.04. The molecule has 1 aliphatic carbocycles. The predicted octanol–water partition coefficient (Wildman–Crippen LogP) is 4.97. The lowest BCUT2D eigenvalue weighted by Gasteiger charge is -2.36. The summed E-state index contributed by atoms with van der Waals surface area (Å²) < 4.78 is 6.89. The van der Waals surface area contributed by atoms with Crippen molar-refractivity contribution in [3.05, 3.63) is 78.7 Å². The smallest absolute Gasteiger partial charge is 0.223 e. The average molecular weight is 500 g/mol. The molecule has 8 heteroatoms. The van der Waals surface area contributed by atoms with Gasteiger partial charge in [-0.05, 0) is 50.5 Å². The van der Waals surface area contributed by atoms with Crippen molar-refractivity contribution < 1.29 is 4.74 Å². The fourth-order valence-corrected chi connectivity index (χ4v) is 4.57. The van der Waals surface area contributed by atoms with Gasteiger partial charge in [0.1, 0.15) is 0 Å². The third-order valence-electron chi connectivity index (χ3n) is 6.41. The first kappa shape index (κ1) is 26.2. The van der Waals surface area contributed by atoms with Crippen LogP contribution in [0.2, 0.25) is 0 Å². The van der Waals surface area contributed by atoms with Crippen LogP contribution < -0.4 is 10.6 Å². The molecule has 8 nitrogen and oxygen atoms in total. The van der Waals surface area contributed by atoms with Gasteiger partial charge in [0, 0.05) is 50.0 Å². The van der Waals surface area contributed by atoms with Crippen LogP contribution in [0.25, 0.3) is 22.7 Å². The van der Waals surface area contributed by atoms with Crippen LogP contribution in [-0.4, -0.2) is 64.3 Å². The van der Waals surface area contributed by atoms with Crippen LogP contribution in [0.1, 0.15) is 32.5 Å². The van der Waals surface area contributed by atoms with Gasteiger partial charge in [-0.3, -0.25) is 4.90 Å². The Morgan fingerprint density at radius 3 is 2.57 bits per heavy atom. The maximum absolute atomic E-state index is 6.23. The van der Waals surface area contributed by atoms with E-state index in [1.807, 2.05) is 26.0 Å². The number of anilines is 2. The van der Waals surface area contributed by atoms with E-state index in [0.717, 1.165) is 44.0 Å². The molecule has 37 heavy (non-hydrogen) atoms. The van der Waals surface area contributed by atoms with Crippen LogP contribution in [0.3, 0.4) is 0 Å². The molecule has 0 spiro atoms. The van der Waals surface area contributed by atoms with Gasteiger partial charge in [-0.25, -0.2) is 9.97 Å². The highest BCUT2D eigenvalue weighted by Gasteiger charge is 2.19. The molecule has 0 atom stereocenters. The van der Waals surface area contributed by atoms with E-state index in [2.05, 4.69) is 73.9 Å². The summed E-state index contributed by atoms with van der Waals surface area (Å²) in [6.07, 6.45) is 12.9. The summed E-state index contributed by atoms with van der Waals surface area (Å²) in [5, 5.41) is 4.43. The van der Waals surface area contributed by atoms with Gasteiger partial charge in [0.2, 0.25) is 11.8 Å². The second-order valence-corrected chi connectivity index (χ2v) is 9.04. The maximum Gasteiger partial charge on any atom is 0.223 e. The van der Waals surface area contributed by atoms with Gasteiger partial charge < -0.3 is 15.4 Å². The van der Waals surface area contributed by atoms with E-state index in [0.29, 0.717) is 23.2 Å². The zero-order chi connectivity index (χ0) is 26.2. The number of benzene rings is 1. The number of fused-ring (bicyclic) bond motifs is 1. The molecule has 2 aliphatic rings. The van der Waals surface area contributed by atoms with E-state index in [1.54, 1.807) is 17.7 Å². The highest BCUT2D eigenvalue weighted by Crippen LogP contribution is 2.26. The molecule has 0 unspecified atom stereocenters. The number of methoxy groups -OCH3 is 1. The lowest BCUT2D eigenvalue weighted by molar-refractivity contribution is 0.279. The van der Waals surface area contributed by atoms with Crippen molar-refractivity contribution in [3.8, 4) is 11.3 Å². The number of rotatable bonds is 6. The average Bonchev–Trinajstić information content (AvgIpc) is 3.36. The number of hydrogen-bond donors (Lipinski definition) is 1. The molecule has 0 radical (unpaired) electrons. The van der Waals surface area contributed by atoms with E-state index in [9.17, 15) is 0 Å². The number of nitrogen functional groups attached to an aromatic ring is 1. The van der Waals surface area contributed by atoms with Crippen molar-refractivity contribution in [2.45, 2.75) is 26.7 Å². The van der Waals surface area contributed by atoms with E-state index in [-0.39, 0.29) is 0 Å². The van der Waals surface area contributed by atoms with E-state index in [1.165, 1.54) is 24.1 Å². The first-order chi connectivity index (χ1) is 18.1. The number of aromatic nitrogens is 4. The monoisotopic (exact) mass is 499 g/mol. The van der Waals surface area contributed by atoms with Gasteiger partial charge in [0.25, 0.3) is 0 Å². The Hall–Kier alpha value is -3.91. The minimum atomic E-state index is 0.294. The van der Waals surface area contributed by atoms with Gasteiger partial charge in [-0.15, -0.1) is 11.7 Å². The quantitative estimate of drug-likeness (QED) is 0.379. The van der Waals surface area contributed by atoms with Crippen molar-refractivity contribution in [3.63, 3.8) is 0 Å². The topological polar surface area (TPSA) is 84.8 Å². The van der Waals surface area contributed by atoms with Crippen molar-refractivity contribution >= 4 is 23.0 Å². The van der Waals surface area contributed by atoms with Crippen molar-refractivity contribution in [1.29, 1.82) is 0 Å². The SMILES string of the molecule is C/C=C(\OC)c1nc2cc(-c3cccc(N4CCN(CC5=CCCC=C5)CC4)c3)nc(N)n2n1.C=CC. The van der Waals surface area contributed by atoms with E-state index >= 15 is 0 Å². The molecule has 1 aliphatic heterocycles. The molecule has 0 saturated carbocycles. The van der Waals surface area contributed by atoms with Crippen molar-refractivity contribution in [2.75, 3.05) is 50.5 Å². The van der Waals surface area contributed by atoms with Gasteiger partial charge in [-0.1, -0.05) is 36.4 Å². The molecular formula is C29H37N7O. The molecule has 0 amide bonds. The number of ether oxygens (including phenoxy) is 1. The fourth-order valence-electron chi connectivity index (χ4n) is 4.57. The highest BCUT2D eigenvalue weighted by atomic mass is 16.5. The number of nitrogens with two attached hydrogens (primary N) is 1. The fraction of sp³-hybridized carbons (Fsp3) is 0.345. The standard InChI is InChI=1S/C26H31N7O.C3H6/c1-3-23(34-2)25-29-24-17-22(28-26(27)33(24)30-25)20-10-7-11-21(16-20)32-14-12-31(13-15-32)18-19-8-5-4-6-9-19;1-3-2/h3,5,7-11,16-17H,4,6,12-15,18H2,1-2H3,(H2,27,28);3H,1H2,2H3/b23-3-;. The molecule has 3 aromatic rings. The van der Waals surface area contributed by atoms with Crippen molar-refractivity contribution in [1.82, 2.24) is 24.5 Å². The first-order valence-corrected chi connectivity index (χ1v) is 12.8. The Morgan fingerprint density at radius 1 is 1.11 bits per heavy atom. The second kappa shape index (κ2) is 12.4. The van der Waals surface area contributed by atoms with E-state index in [4.69, 9.17) is 10.5 Å². The van der Waals surface area contributed by atoms with Crippen LogP contribution in [0.15, 0.2) is 72.9 Å². The third-order valence-corrected chi connectivity index (χ3v) is 6.41. The molecule has 3 heterocycles. The Bertz CT molecular complexity index is 1310. The normalized spacial score (nSPS) is 16.2. The van der Waals surface area contributed by atoms with Crippen LogP contribution >= 0.6 is 0 Å². The predicted molar refractivity (Wildman–Crippen MR) is 152 cm³/mol. The maximum atomic E-state index is 6.23. The summed E-state index contributed by atoms with van der Waals surface area (Å²) >= 11 is 0. The van der Waals surface area contributed by atoms with Crippen LogP contribution in [0.5, 0.6) is 0 Å². The van der Waals surface area contributed by atoms with Crippen LogP contribution in [0.4, 0.5) is 11.6 Å². The summed E-state index contributed by atoms with van der Waals surface area (Å²) in [5.74, 6) is 1.38. The summed E-state index contributed by atoms with van der Waals surface area (Å²) in [6.45, 7) is 12.3. The first-order valence-electron chi connectivity index (χ1n) is 12.8. The summed E-state index contributed by atoms with van der Waals surface area (Å²) in [5.41, 5.74) is 11.3. The minimum Gasteiger partial charge on any atom is -0.493 e. The van der Waals surface area contributed by atoms with Gasteiger partial charge in [0.15, 0.2) is 11.4 Å². The van der Waals surface area contributed by atoms with E-state index < -0.39 is 0 Å². The molecule has 0 bridgehead atoms. The Kier molecular flexibility index (Phi) is 8.74. The Labute approximate surface area is 219 Å². The summed E-state index contributed by atoms with van der Waals surface area (Å²) in [6, 6.07) is 10.4. The Balaban J connectivity index is 0.00000102. The Morgan fingerprint density at radius 2 is 1.89 bits per heavy atom. The van der Waals surface area contributed by atoms with Gasteiger partial charge in [-0.2, -0.15) is 4.52 Å². The molecule has 1 fully saturated rings. The lowest BCUT2D eigenvalue weighted by Crippen LogP contribution is -2.46. The minimum absolute atomic E-state index is 0.294. The third kappa shape index (κ3) is 6.27. The molecule has 2 N–H and O–H groups in total. The molecule has 1 saturated heterocycles. The highest BCUT2D eigenvalue weighted by molar-refractivity contribution is 5.70. The van der Waals surface area contributed by atoms with Gasteiger partial charge in [0.05, 0.1) is 12.8 Å². The zero-order valence-corrected chi connectivity index (χ0v) is 22.1. The number of allylic oxidation sites excluding steroid dienone is 4. The largest absolute Gasteiger partial charge is 0.493 e. The summed E-state index contributed by atoms with van der Waals surface area (Å²) in [7, 11) is 1.60. The van der Waals surface area contributed by atoms with Crippen LogP contribution in [-0.2, 0) is 4.74 Å². The molecular weight excluding hydrogens is 462 g/mol. The molecule has 5 rings (SSSR count). The zero-order valence-electron chi connectivity index (χ0n) is 22.1. The number of hydrogen-bond acceptors (Lipinski definition) is 7. The summed E-state index contributed by atoms with van der Waals surface area (Å²) in [4.78, 5) is 14.2. The van der Waals surface area contributed by atoms with Crippen molar-refractivity contribution in [2.24, 2.45) is 0 Å². The molecule has 1 aromatic carbocycles. The lowest BCUT2D eigenvalue weighted by atomic mass is 10.1. The molecule has 194 valence electrons. The van der Waals surface area contributed by atoms with Crippen LogP contribution in [0, 0.1) is 0 Å². The number of nitrogens with zero attached hydrogens (tertiary/aromatic N) is 6. The molecule has 2 aromatic heterocycles. The van der Waals surface area contributed by atoms with Gasteiger partial charge >= 0.3 is 0 Å².